The average Bonchev–Trinajstić information content (AvgIpc) is 3.20. The van der Waals surface area contributed by atoms with Crippen molar-refractivity contribution in [2.45, 2.75) is 18.9 Å². The number of rotatable bonds is 4. The predicted octanol–water partition coefficient (Wildman–Crippen LogP) is 1.26. The van der Waals surface area contributed by atoms with E-state index >= 15 is 0 Å². The van der Waals surface area contributed by atoms with Gasteiger partial charge in [-0.25, -0.2) is 4.68 Å². The van der Waals surface area contributed by atoms with Gasteiger partial charge in [0.25, 0.3) is 5.91 Å². The van der Waals surface area contributed by atoms with Crippen LogP contribution in [-0.4, -0.2) is 58.5 Å². The summed E-state index contributed by atoms with van der Waals surface area (Å²) in [6.45, 7) is 0.694. The molecule has 0 spiro atoms. The number of carbonyl (C=O) groups is 1. The Morgan fingerprint density at radius 2 is 2.12 bits per heavy atom. The fraction of sp³-hybridized carbons (Fsp3) is 0.500. The van der Waals surface area contributed by atoms with Crippen molar-refractivity contribution in [1.82, 2.24) is 24.9 Å². The van der Waals surface area contributed by atoms with E-state index in [1.54, 1.807) is 24.9 Å². The summed E-state index contributed by atoms with van der Waals surface area (Å²) in [4.78, 5) is 16.5. The molecule has 1 aliphatic rings. The van der Waals surface area contributed by atoms with E-state index in [1.807, 2.05) is 36.0 Å². The molecule has 1 atom stereocenters. The summed E-state index contributed by atoms with van der Waals surface area (Å²) in [6.07, 6.45) is 1.82. The second-order valence-electron chi connectivity index (χ2n) is 6.06. The van der Waals surface area contributed by atoms with Crippen LogP contribution in [0.2, 0.25) is 0 Å². The Kier molecular flexibility index (Phi) is 4.37. The van der Waals surface area contributed by atoms with Gasteiger partial charge >= 0.3 is 0 Å². The third-order valence-electron chi connectivity index (χ3n) is 4.25. The van der Waals surface area contributed by atoms with Crippen molar-refractivity contribution in [2.24, 2.45) is 7.05 Å². The van der Waals surface area contributed by atoms with Crippen LogP contribution in [0.3, 0.4) is 0 Å². The smallest absolute Gasteiger partial charge is 0.275 e. The van der Waals surface area contributed by atoms with Gasteiger partial charge in [-0.05, 0) is 25.0 Å². The number of anilines is 1. The van der Waals surface area contributed by atoms with E-state index in [1.165, 1.54) is 0 Å². The molecule has 8 nitrogen and oxygen atoms in total. The molecule has 0 bridgehead atoms. The molecule has 0 N–H and O–H groups in total. The minimum atomic E-state index is -0.102. The first-order valence-corrected chi connectivity index (χ1v) is 7.91. The monoisotopic (exact) mass is 330 g/mol. The highest BCUT2D eigenvalue weighted by Gasteiger charge is 2.33. The molecule has 2 aromatic heterocycles. The predicted molar refractivity (Wildman–Crippen MR) is 89.1 cm³/mol. The highest BCUT2D eigenvalue weighted by Crippen LogP contribution is 2.32. The maximum atomic E-state index is 12.8. The van der Waals surface area contributed by atoms with Gasteiger partial charge in [0.1, 0.15) is 0 Å². The van der Waals surface area contributed by atoms with Crippen molar-refractivity contribution >= 4 is 11.7 Å². The number of aryl methyl sites for hydroxylation is 1. The largest absolute Gasteiger partial charge is 0.481 e. The molecule has 1 unspecified atom stereocenters. The summed E-state index contributed by atoms with van der Waals surface area (Å²) in [5, 5.41) is 12.8. The Balaban J connectivity index is 1.83. The van der Waals surface area contributed by atoms with Crippen molar-refractivity contribution < 1.29 is 9.53 Å². The highest BCUT2D eigenvalue weighted by molar-refractivity contribution is 5.93. The Labute approximate surface area is 141 Å². The Morgan fingerprint density at radius 3 is 2.71 bits per heavy atom. The molecule has 1 fully saturated rings. The molecule has 3 rings (SSSR count). The quantitative estimate of drug-likeness (QED) is 0.840. The SMILES string of the molecule is COc1cc(C(=O)N2CCCC2c2ccc(N(C)C)nn2)nn1C. The molecule has 24 heavy (non-hydrogen) atoms. The number of amides is 1. The zero-order chi connectivity index (χ0) is 17.3. The summed E-state index contributed by atoms with van der Waals surface area (Å²) in [7, 11) is 7.15. The van der Waals surface area contributed by atoms with Crippen molar-refractivity contribution in [3.63, 3.8) is 0 Å². The van der Waals surface area contributed by atoms with Gasteiger partial charge in [0, 0.05) is 33.8 Å². The third-order valence-corrected chi connectivity index (χ3v) is 4.25. The molecule has 128 valence electrons. The lowest BCUT2D eigenvalue weighted by molar-refractivity contribution is 0.0725. The van der Waals surface area contributed by atoms with Gasteiger partial charge in [-0.2, -0.15) is 10.2 Å². The molecular weight excluding hydrogens is 308 g/mol. The molecule has 0 saturated carbocycles. The Hall–Kier alpha value is -2.64. The minimum Gasteiger partial charge on any atom is -0.481 e. The molecular formula is C16H22N6O2. The Morgan fingerprint density at radius 1 is 1.33 bits per heavy atom. The van der Waals surface area contributed by atoms with Crippen LogP contribution in [-0.2, 0) is 7.05 Å². The van der Waals surface area contributed by atoms with Crippen LogP contribution in [0.4, 0.5) is 5.82 Å². The van der Waals surface area contributed by atoms with E-state index in [2.05, 4.69) is 15.3 Å². The lowest BCUT2D eigenvalue weighted by Crippen LogP contribution is -2.31. The van der Waals surface area contributed by atoms with Crippen LogP contribution in [0.1, 0.15) is 35.1 Å². The second kappa shape index (κ2) is 6.46. The zero-order valence-electron chi connectivity index (χ0n) is 14.4. The topological polar surface area (TPSA) is 76.4 Å². The van der Waals surface area contributed by atoms with Gasteiger partial charge in [-0.3, -0.25) is 4.79 Å². The summed E-state index contributed by atoms with van der Waals surface area (Å²) in [6, 6.07) is 5.47. The third kappa shape index (κ3) is 2.91. The number of hydrogen-bond acceptors (Lipinski definition) is 6. The first-order valence-electron chi connectivity index (χ1n) is 7.91. The number of methoxy groups -OCH3 is 1. The lowest BCUT2D eigenvalue weighted by atomic mass is 10.1. The van der Waals surface area contributed by atoms with E-state index in [0.29, 0.717) is 18.1 Å². The number of ether oxygens (including phenoxy) is 1. The van der Waals surface area contributed by atoms with Crippen LogP contribution in [0.15, 0.2) is 18.2 Å². The fourth-order valence-electron chi connectivity index (χ4n) is 2.96. The van der Waals surface area contributed by atoms with Crippen molar-refractivity contribution in [3.05, 3.63) is 29.6 Å². The van der Waals surface area contributed by atoms with Gasteiger partial charge in [-0.15, -0.1) is 5.10 Å². The number of hydrogen-bond donors (Lipinski definition) is 0. The molecule has 2 aromatic rings. The van der Waals surface area contributed by atoms with Gasteiger partial charge < -0.3 is 14.5 Å². The zero-order valence-corrected chi connectivity index (χ0v) is 14.4. The standard InChI is InChI=1S/C16H22N6O2/c1-20(2)14-8-7-11(17-18-14)13-6-5-9-22(13)16(23)12-10-15(24-4)21(3)19-12/h7-8,10,13H,5-6,9H2,1-4H3. The van der Waals surface area contributed by atoms with Crippen LogP contribution in [0, 0.1) is 0 Å². The highest BCUT2D eigenvalue weighted by atomic mass is 16.5. The van der Waals surface area contributed by atoms with Crippen LogP contribution in [0.25, 0.3) is 0 Å². The molecule has 0 radical (unpaired) electrons. The Bertz CT molecular complexity index is 725. The van der Waals surface area contributed by atoms with Crippen LogP contribution >= 0.6 is 0 Å². The molecule has 0 aromatic carbocycles. The lowest BCUT2D eigenvalue weighted by Gasteiger charge is -2.23. The van der Waals surface area contributed by atoms with Gasteiger partial charge in [-0.1, -0.05) is 0 Å². The number of likely N-dealkylation sites (tertiary alicyclic amines) is 1. The first-order chi connectivity index (χ1) is 11.5. The molecule has 8 heteroatoms. The first kappa shape index (κ1) is 16.2. The van der Waals surface area contributed by atoms with Crippen LogP contribution in [0.5, 0.6) is 5.88 Å². The van der Waals surface area contributed by atoms with E-state index in [-0.39, 0.29) is 11.9 Å². The maximum absolute atomic E-state index is 12.8. The summed E-state index contributed by atoms with van der Waals surface area (Å²) in [5.41, 5.74) is 1.20. The number of aromatic nitrogens is 4. The summed E-state index contributed by atoms with van der Waals surface area (Å²) >= 11 is 0. The molecule has 1 saturated heterocycles. The molecule has 1 amide bonds. The van der Waals surface area contributed by atoms with E-state index in [4.69, 9.17) is 4.74 Å². The summed E-state index contributed by atoms with van der Waals surface area (Å²) in [5.74, 6) is 1.25. The van der Waals surface area contributed by atoms with Gasteiger partial charge in [0.15, 0.2) is 11.5 Å². The van der Waals surface area contributed by atoms with Crippen molar-refractivity contribution in [1.29, 1.82) is 0 Å². The molecule has 1 aliphatic heterocycles. The maximum Gasteiger partial charge on any atom is 0.275 e. The normalized spacial score (nSPS) is 17.2. The van der Waals surface area contributed by atoms with E-state index in [9.17, 15) is 4.79 Å². The summed E-state index contributed by atoms with van der Waals surface area (Å²) < 4.78 is 6.75. The van der Waals surface area contributed by atoms with Crippen LogP contribution < -0.4 is 9.64 Å². The van der Waals surface area contributed by atoms with Gasteiger partial charge in [0.05, 0.1) is 18.8 Å². The average molecular weight is 330 g/mol. The molecule has 0 aliphatic carbocycles. The number of carbonyl (C=O) groups excluding carboxylic acids is 1. The minimum absolute atomic E-state index is 0.0609. The van der Waals surface area contributed by atoms with Crippen molar-refractivity contribution in [2.75, 3.05) is 32.6 Å². The van der Waals surface area contributed by atoms with E-state index < -0.39 is 0 Å². The van der Waals surface area contributed by atoms with Gasteiger partial charge in [0.2, 0.25) is 5.88 Å². The number of nitrogens with zero attached hydrogens (tertiary/aromatic N) is 6. The molecule has 3 heterocycles. The van der Waals surface area contributed by atoms with Crippen molar-refractivity contribution in [3.8, 4) is 5.88 Å². The van der Waals surface area contributed by atoms with E-state index in [0.717, 1.165) is 24.4 Å². The second-order valence-corrected chi connectivity index (χ2v) is 6.06. The fourth-order valence-corrected chi connectivity index (χ4v) is 2.96.